The van der Waals surface area contributed by atoms with Crippen molar-refractivity contribution in [3.05, 3.63) is 0 Å². The molecule has 7 nitrogen and oxygen atoms in total. The monoisotopic (exact) mass is 313 g/mol. The second-order valence-electron chi connectivity index (χ2n) is 6.49. The number of aliphatic carboxylic acids is 1. The first kappa shape index (κ1) is 18.3. The van der Waals surface area contributed by atoms with Crippen LogP contribution < -0.4 is 16.0 Å². The SMILES string of the molecule is CC(C)(CCC(=O)O)NC(=O)CNC(=O)NC1CCCCC1. The van der Waals surface area contributed by atoms with Crippen LogP contribution in [0.15, 0.2) is 0 Å². The molecule has 4 N–H and O–H groups in total. The third-order valence-corrected chi connectivity index (χ3v) is 3.79. The molecule has 0 radical (unpaired) electrons. The molecule has 0 unspecified atom stereocenters. The molecule has 0 spiro atoms. The van der Waals surface area contributed by atoms with Gasteiger partial charge in [0.25, 0.3) is 0 Å². The highest BCUT2D eigenvalue weighted by Gasteiger charge is 2.22. The molecule has 0 aliphatic heterocycles. The van der Waals surface area contributed by atoms with Gasteiger partial charge in [0.05, 0.1) is 6.54 Å². The maximum atomic E-state index is 11.8. The van der Waals surface area contributed by atoms with Gasteiger partial charge in [0.2, 0.25) is 5.91 Å². The van der Waals surface area contributed by atoms with Gasteiger partial charge < -0.3 is 21.1 Å². The van der Waals surface area contributed by atoms with Crippen molar-refractivity contribution in [2.45, 2.75) is 70.4 Å². The second kappa shape index (κ2) is 8.60. The summed E-state index contributed by atoms with van der Waals surface area (Å²) >= 11 is 0. The van der Waals surface area contributed by atoms with Gasteiger partial charge in [0.1, 0.15) is 0 Å². The summed E-state index contributed by atoms with van der Waals surface area (Å²) < 4.78 is 0. The van der Waals surface area contributed by atoms with Gasteiger partial charge >= 0.3 is 12.0 Å². The summed E-state index contributed by atoms with van der Waals surface area (Å²) in [6.45, 7) is 3.40. The van der Waals surface area contributed by atoms with Gasteiger partial charge in [-0.25, -0.2) is 4.79 Å². The number of carbonyl (C=O) groups is 3. The molecule has 1 saturated carbocycles. The number of carbonyl (C=O) groups excluding carboxylic acids is 2. The molecule has 3 amide bonds. The van der Waals surface area contributed by atoms with Crippen LogP contribution in [0.2, 0.25) is 0 Å². The summed E-state index contributed by atoms with van der Waals surface area (Å²) in [4.78, 5) is 34.1. The van der Waals surface area contributed by atoms with Crippen LogP contribution in [0.1, 0.15) is 58.8 Å². The molecule has 0 aromatic carbocycles. The van der Waals surface area contributed by atoms with Crippen LogP contribution in [0.25, 0.3) is 0 Å². The van der Waals surface area contributed by atoms with E-state index in [1.54, 1.807) is 13.8 Å². The Kier molecular flexibility index (Phi) is 7.14. The van der Waals surface area contributed by atoms with Crippen LogP contribution in [0.3, 0.4) is 0 Å². The Balaban J connectivity index is 2.23. The van der Waals surface area contributed by atoms with Crippen LogP contribution in [-0.4, -0.2) is 41.1 Å². The van der Waals surface area contributed by atoms with E-state index >= 15 is 0 Å². The van der Waals surface area contributed by atoms with Crippen molar-refractivity contribution in [2.24, 2.45) is 0 Å². The highest BCUT2D eigenvalue weighted by Crippen LogP contribution is 2.17. The average Bonchev–Trinajstić information content (AvgIpc) is 2.44. The number of amides is 3. The van der Waals surface area contributed by atoms with Crippen molar-refractivity contribution >= 4 is 17.9 Å². The Morgan fingerprint density at radius 3 is 2.36 bits per heavy atom. The second-order valence-corrected chi connectivity index (χ2v) is 6.49. The van der Waals surface area contributed by atoms with E-state index in [0.717, 1.165) is 25.7 Å². The summed E-state index contributed by atoms with van der Waals surface area (Å²) in [5.74, 6) is -1.22. The van der Waals surface area contributed by atoms with E-state index in [1.165, 1.54) is 6.42 Å². The van der Waals surface area contributed by atoms with Crippen LogP contribution in [0.4, 0.5) is 4.79 Å². The molecule has 1 aliphatic carbocycles. The predicted octanol–water partition coefficient (Wildman–Crippen LogP) is 1.38. The van der Waals surface area contributed by atoms with Gasteiger partial charge in [-0.3, -0.25) is 9.59 Å². The summed E-state index contributed by atoms with van der Waals surface area (Å²) in [5, 5.41) is 16.8. The number of urea groups is 1. The Labute approximate surface area is 131 Å². The molecule has 0 saturated heterocycles. The van der Waals surface area contributed by atoms with Crippen molar-refractivity contribution in [3.63, 3.8) is 0 Å². The van der Waals surface area contributed by atoms with Gasteiger partial charge in [-0.1, -0.05) is 19.3 Å². The summed E-state index contributed by atoms with van der Waals surface area (Å²) in [6, 6.07) is -0.130. The van der Waals surface area contributed by atoms with Crippen molar-refractivity contribution < 1.29 is 19.5 Å². The molecule has 0 aromatic heterocycles. The minimum Gasteiger partial charge on any atom is -0.481 e. The van der Waals surface area contributed by atoms with E-state index in [4.69, 9.17) is 5.11 Å². The maximum absolute atomic E-state index is 11.8. The van der Waals surface area contributed by atoms with E-state index in [0.29, 0.717) is 6.42 Å². The molecule has 126 valence electrons. The first-order chi connectivity index (χ1) is 10.3. The summed E-state index contributed by atoms with van der Waals surface area (Å²) in [6.07, 6.45) is 5.77. The molecule has 22 heavy (non-hydrogen) atoms. The molecular weight excluding hydrogens is 286 g/mol. The largest absolute Gasteiger partial charge is 0.481 e. The fraction of sp³-hybridized carbons (Fsp3) is 0.800. The van der Waals surface area contributed by atoms with E-state index < -0.39 is 11.5 Å². The van der Waals surface area contributed by atoms with E-state index in [-0.39, 0.29) is 30.9 Å². The van der Waals surface area contributed by atoms with Crippen LogP contribution in [0, 0.1) is 0 Å². The molecule has 7 heteroatoms. The van der Waals surface area contributed by atoms with Crippen molar-refractivity contribution in [2.75, 3.05) is 6.54 Å². The number of carboxylic acid groups (broad SMARTS) is 1. The number of hydrogen-bond acceptors (Lipinski definition) is 3. The average molecular weight is 313 g/mol. The van der Waals surface area contributed by atoms with Crippen molar-refractivity contribution in [3.8, 4) is 0 Å². The zero-order chi connectivity index (χ0) is 16.6. The number of carboxylic acids is 1. The van der Waals surface area contributed by atoms with Crippen LogP contribution >= 0.6 is 0 Å². The number of nitrogens with one attached hydrogen (secondary N) is 3. The third-order valence-electron chi connectivity index (χ3n) is 3.79. The van der Waals surface area contributed by atoms with Crippen LogP contribution in [-0.2, 0) is 9.59 Å². The molecule has 1 rings (SSSR count). The van der Waals surface area contributed by atoms with Gasteiger partial charge in [-0.15, -0.1) is 0 Å². The van der Waals surface area contributed by atoms with E-state index in [9.17, 15) is 14.4 Å². The third kappa shape index (κ3) is 7.85. The minimum atomic E-state index is -0.896. The lowest BCUT2D eigenvalue weighted by Gasteiger charge is -2.26. The van der Waals surface area contributed by atoms with Crippen LogP contribution in [0.5, 0.6) is 0 Å². The fourth-order valence-corrected chi connectivity index (χ4v) is 2.55. The molecule has 1 aliphatic rings. The standard InChI is InChI=1S/C15H27N3O4/c1-15(2,9-8-13(20)21)18-12(19)10-16-14(22)17-11-6-4-3-5-7-11/h11H,3-10H2,1-2H3,(H,18,19)(H,20,21)(H2,16,17,22). The molecule has 0 aromatic rings. The van der Waals surface area contributed by atoms with E-state index in [1.807, 2.05) is 0 Å². The zero-order valence-electron chi connectivity index (χ0n) is 13.4. The smallest absolute Gasteiger partial charge is 0.315 e. The molecular formula is C15H27N3O4. The lowest BCUT2D eigenvalue weighted by atomic mass is 9.96. The zero-order valence-corrected chi connectivity index (χ0v) is 13.4. The van der Waals surface area contributed by atoms with Gasteiger partial charge in [0.15, 0.2) is 0 Å². The predicted molar refractivity (Wildman–Crippen MR) is 82.5 cm³/mol. The van der Waals surface area contributed by atoms with Crippen molar-refractivity contribution in [1.82, 2.24) is 16.0 Å². The molecule has 0 atom stereocenters. The highest BCUT2D eigenvalue weighted by atomic mass is 16.4. The van der Waals surface area contributed by atoms with Crippen molar-refractivity contribution in [1.29, 1.82) is 0 Å². The maximum Gasteiger partial charge on any atom is 0.315 e. The Bertz CT molecular complexity index is 404. The van der Waals surface area contributed by atoms with Gasteiger partial charge in [0, 0.05) is 18.0 Å². The quantitative estimate of drug-likeness (QED) is 0.569. The summed E-state index contributed by atoms with van der Waals surface area (Å²) in [5.41, 5.74) is -0.614. The lowest BCUT2D eigenvalue weighted by Crippen LogP contribution is -2.50. The fourth-order valence-electron chi connectivity index (χ4n) is 2.55. The summed E-state index contributed by atoms with van der Waals surface area (Å²) in [7, 11) is 0. The molecule has 0 heterocycles. The minimum absolute atomic E-state index is 0.0110. The normalized spacial score (nSPS) is 15.9. The Hall–Kier alpha value is -1.79. The molecule has 1 fully saturated rings. The van der Waals surface area contributed by atoms with E-state index in [2.05, 4.69) is 16.0 Å². The Morgan fingerprint density at radius 2 is 1.77 bits per heavy atom. The lowest BCUT2D eigenvalue weighted by molar-refractivity contribution is -0.137. The van der Waals surface area contributed by atoms with Gasteiger partial charge in [-0.2, -0.15) is 0 Å². The molecule has 0 bridgehead atoms. The number of rotatable bonds is 7. The topological polar surface area (TPSA) is 108 Å². The van der Waals surface area contributed by atoms with Gasteiger partial charge in [-0.05, 0) is 33.1 Å². The first-order valence-electron chi connectivity index (χ1n) is 7.86. The number of hydrogen-bond donors (Lipinski definition) is 4. The highest BCUT2D eigenvalue weighted by molar-refractivity contribution is 5.84. The first-order valence-corrected chi connectivity index (χ1v) is 7.86. The Morgan fingerprint density at radius 1 is 1.14 bits per heavy atom.